The Morgan fingerprint density at radius 3 is 2.11 bits per heavy atom. The van der Waals surface area contributed by atoms with Crippen LogP contribution in [0.5, 0.6) is 0 Å². The first kappa shape index (κ1) is 30.8. The molecule has 1 nitrogen and oxygen atoms in total. The lowest BCUT2D eigenvalue weighted by molar-refractivity contribution is -0.193. The largest absolute Gasteiger partial charge is 0.309 e. The summed E-state index contributed by atoms with van der Waals surface area (Å²) < 4.78 is 2.65. The van der Waals surface area contributed by atoms with Crippen LogP contribution >= 0.6 is 11.3 Å². The van der Waals surface area contributed by atoms with E-state index in [1.54, 1.807) is 11.1 Å². The highest BCUT2D eigenvalue weighted by molar-refractivity contribution is 7.26. The van der Waals surface area contributed by atoms with Gasteiger partial charge in [-0.15, -0.1) is 11.3 Å². The van der Waals surface area contributed by atoms with Crippen molar-refractivity contribution < 1.29 is 0 Å². The molecule has 0 saturated heterocycles. The number of thiophene rings is 1. The summed E-state index contributed by atoms with van der Waals surface area (Å²) in [5.41, 5.74) is 17.3. The molecule has 13 rings (SSSR count). The Labute approximate surface area is 326 Å². The molecule has 5 aliphatic carbocycles. The van der Waals surface area contributed by atoms with Gasteiger partial charge in [0.25, 0.3) is 0 Å². The number of anilines is 3. The fourth-order valence-electron chi connectivity index (χ4n) is 13.4. The number of aryl methyl sites for hydroxylation is 1. The van der Waals surface area contributed by atoms with Crippen molar-refractivity contribution in [3.63, 3.8) is 0 Å². The van der Waals surface area contributed by atoms with Crippen LogP contribution in [0.3, 0.4) is 0 Å². The molecule has 264 valence electrons. The monoisotopic (exact) mass is 723 g/mol. The summed E-state index contributed by atoms with van der Waals surface area (Å²) in [4.78, 5) is 2.51. The van der Waals surface area contributed by atoms with Gasteiger partial charge in [-0.2, -0.15) is 0 Å². The lowest BCUT2D eigenvalue weighted by Crippen LogP contribution is -2.65. The van der Waals surface area contributed by atoms with E-state index < -0.39 is 0 Å². The molecule has 4 saturated carbocycles. The number of hydrogen-bond donors (Lipinski definition) is 0. The maximum absolute atomic E-state index is 2.52. The minimum Gasteiger partial charge on any atom is -0.309 e. The number of benzene rings is 7. The zero-order valence-corrected chi connectivity index (χ0v) is 31.8. The molecular weight excluding hydrogens is 683 g/mol. The molecule has 5 aliphatic rings. The van der Waals surface area contributed by atoms with E-state index >= 15 is 0 Å². The summed E-state index contributed by atoms with van der Waals surface area (Å²) in [7, 11) is 0. The third-order valence-electron chi connectivity index (χ3n) is 15.4. The maximum Gasteiger partial charge on any atom is 0.0640 e. The van der Waals surface area contributed by atoms with Crippen molar-refractivity contribution in [3.8, 4) is 33.4 Å². The maximum atomic E-state index is 2.52. The van der Waals surface area contributed by atoms with Gasteiger partial charge < -0.3 is 4.90 Å². The second-order valence-electron chi connectivity index (χ2n) is 17.3. The highest BCUT2D eigenvalue weighted by Gasteiger charge is 2.82. The average molecular weight is 724 g/mol. The minimum atomic E-state index is 0.155. The van der Waals surface area contributed by atoms with Crippen LogP contribution in [0.15, 0.2) is 158 Å². The molecule has 0 aliphatic heterocycles. The van der Waals surface area contributed by atoms with Crippen LogP contribution in [0.4, 0.5) is 17.1 Å². The second-order valence-corrected chi connectivity index (χ2v) is 18.4. The molecule has 2 bridgehead atoms. The molecule has 2 heteroatoms. The van der Waals surface area contributed by atoms with E-state index in [9.17, 15) is 0 Å². The summed E-state index contributed by atoms with van der Waals surface area (Å²) in [5, 5.41) is 2.64. The molecule has 0 N–H and O–H groups in total. The molecule has 7 aromatic carbocycles. The van der Waals surface area contributed by atoms with Crippen molar-refractivity contribution in [2.24, 2.45) is 29.1 Å². The van der Waals surface area contributed by atoms with Gasteiger partial charge in [-0.05, 0) is 148 Å². The molecule has 1 aromatic heterocycles. The van der Waals surface area contributed by atoms with Gasteiger partial charge in [-0.1, -0.05) is 121 Å². The molecule has 4 fully saturated rings. The van der Waals surface area contributed by atoms with Crippen molar-refractivity contribution in [3.05, 3.63) is 174 Å². The van der Waals surface area contributed by atoms with E-state index in [0.717, 1.165) is 23.7 Å². The lowest BCUT2D eigenvalue weighted by atomic mass is 9.34. The molecule has 55 heavy (non-hydrogen) atoms. The summed E-state index contributed by atoms with van der Waals surface area (Å²) in [6, 6.07) is 59.7. The van der Waals surface area contributed by atoms with Gasteiger partial charge in [-0.25, -0.2) is 0 Å². The topological polar surface area (TPSA) is 3.24 Å². The predicted molar refractivity (Wildman–Crippen MR) is 231 cm³/mol. The van der Waals surface area contributed by atoms with E-state index in [1.165, 1.54) is 102 Å². The van der Waals surface area contributed by atoms with Crippen molar-refractivity contribution in [2.75, 3.05) is 4.90 Å². The Bertz CT molecular complexity index is 2900. The van der Waals surface area contributed by atoms with Crippen molar-refractivity contribution in [1.29, 1.82) is 0 Å². The molecule has 1 heterocycles. The molecule has 0 amide bonds. The zero-order chi connectivity index (χ0) is 36.0. The Morgan fingerprint density at radius 2 is 1.24 bits per heavy atom. The fourth-order valence-corrected chi connectivity index (χ4v) is 14.6. The molecule has 0 radical (unpaired) electrons. The van der Waals surface area contributed by atoms with Crippen LogP contribution in [0, 0.1) is 36.0 Å². The van der Waals surface area contributed by atoms with Gasteiger partial charge in [0.2, 0.25) is 0 Å². The summed E-state index contributed by atoms with van der Waals surface area (Å²) in [6.45, 7) is 2.35. The van der Waals surface area contributed by atoms with Gasteiger partial charge in [0.1, 0.15) is 0 Å². The van der Waals surface area contributed by atoms with Gasteiger partial charge in [0.05, 0.1) is 10.4 Å². The highest BCUT2D eigenvalue weighted by Crippen LogP contribution is 2.88. The Morgan fingerprint density at radius 1 is 0.545 bits per heavy atom. The SMILES string of the molecule is Cc1cc(N(c2cccc(-c3ccccc3)c2)c2cccc3c2sc2ccccc23)ccc1-c1cccc2c1C1(c3ccccc3-2)C2CC3CC4CC1C34C2. The van der Waals surface area contributed by atoms with Crippen LogP contribution in [-0.4, -0.2) is 0 Å². The minimum absolute atomic E-state index is 0.155. The third kappa shape index (κ3) is 3.79. The zero-order valence-electron chi connectivity index (χ0n) is 31.0. The van der Waals surface area contributed by atoms with Crippen molar-refractivity contribution >= 4 is 48.6 Å². The first-order chi connectivity index (χ1) is 27.1. The number of rotatable bonds is 5. The highest BCUT2D eigenvalue weighted by atomic mass is 32.1. The van der Waals surface area contributed by atoms with Crippen LogP contribution in [0.2, 0.25) is 0 Å². The quantitative estimate of drug-likeness (QED) is 0.171. The number of hydrogen-bond acceptors (Lipinski definition) is 2. The molecular formula is C53H41NS. The summed E-state index contributed by atoms with van der Waals surface area (Å²) in [6.07, 6.45) is 5.80. The van der Waals surface area contributed by atoms with E-state index in [-0.39, 0.29) is 5.41 Å². The van der Waals surface area contributed by atoms with Crippen LogP contribution in [-0.2, 0) is 5.41 Å². The van der Waals surface area contributed by atoms with Gasteiger partial charge in [0.15, 0.2) is 0 Å². The smallest absolute Gasteiger partial charge is 0.0640 e. The first-order valence-electron chi connectivity index (χ1n) is 20.3. The molecule has 6 unspecified atom stereocenters. The number of fused-ring (bicyclic) bond motifs is 11. The van der Waals surface area contributed by atoms with Crippen LogP contribution < -0.4 is 4.90 Å². The fraction of sp³-hybridized carbons (Fsp3) is 0.208. The molecule has 8 aromatic rings. The Hall–Kier alpha value is -5.44. The van der Waals surface area contributed by atoms with Crippen LogP contribution in [0.25, 0.3) is 53.6 Å². The first-order valence-corrected chi connectivity index (χ1v) is 21.2. The summed E-state index contributed by atoms with van der Waals surface area (Å²) >= 11 is 1.90. The second kappa shape index (κ2) is 10.9. The van der Waals surface area contributed by atoms with E-state index in [1.807, 2.05) is 11.3 Å². The van der Waals surface area contributed by atoms with Crippen molar-refractivity contribution in [1.82, 2.24) is 0 Å². The summed E-state index contributed by atoms with van der Waals surface area (Å²) in [5.74, 6) is 3.51. The van der Waals surface area contributed by atoms with Crippen molar-refractivity contribution in [2.45, 2.75) is 38.0 Å². The van der Waals surface area contributed by atoms with Gasteiger partial charge in [-0.3, -0.25) is 0 Å². The number of nitrogens with zero attached hydrogens (tertiary/aromatic N) is 1. The Kier molecular flexibility index (Phi) is 6.09. The normalized spacial score (nSPS) is 26.1. The molecule has 6 atom stereocenters. The predicted octanol–water partition coefficient (Wildman–Crippen LogP) is 14.5. The van der Waals surface area contributed by atoms with Gasteiger partial charge in [0, 0.05) is 32.3 Å². The Balaban J connectivity index is 0.999. The average Bonchev–Trinajstić information content (AvgIpc) is 3.95. The van der Waals surface area contributed by atoms with E-state index in [4.69, 9.17) is 0 Å². The third-order valence-corrected chi connectivity index (χ3v) is 16.6. The van der Waals surface area contributed by atoms with E-state index in [0.29, 0.717) is 5.41 Å². The van der Waals surface area contributed by atoms with Crippen LogP contribution in [0.1, 0.15) is 42.4 Å². The standard InChI is InChI=1S/C53H41NS/c1-32-26-39(54(38-15-9-14-34(27-38)33-12-3-2-4-13-33)47-22-11-20-45-42-17-6-8-23-48(42)55-51(45)47)24-25-40(32)43-18-10-19-44-41-16-5-7-21-46(41)53(50(43)44)37-29-35-28-36-30-49(53)52(35,36)31-37/h2-27,35-37,49H,28-31H2,1H3. The van der Waals surface area contributed by atoms with E-state index in [2.05, 4.69) is 170 Å². The lowest BCUT2D eigenvalue weighted by Gasteiger charge is -2.70. The van der Waals surface area contributed by atoms with Gasteiger partial charge >= 0.3 is 0 Å². The molecule has 2 spiro atoms.